The zero-order valence-electron chi connectivity index (χ0n) is 16.6. The highest BCUT2D eigenvalue weighted by Gasteiger charge is 2.18. The standard InChI is InChI=1S/C22H22N4O3/c1-13-9-14(2)25-21-18(13)19-20(29-21)22(28)26(12-23-19)11-17(27)24-15(3)10-16-7-5-4-6-8-16/h4-9,12,15H,10-11H2,1-3H3,(H,24,27)/t15-/m1/s1. The van der Waals surface area contributed by atoms with Gasteiger partial charge in [-0.05, 0) is 44.4 Å². The third kappa shape index (κ3) is 3.76. The van der Waals surface area contributed by atoms with Gasteiger partial charge in [0.15, 0.2) is 0 Å². The summed E-state index contributed by atoms with van der Waals surface area (Å²) in [7, 11) is 0. The Morgan fingerprint density at radius 3 is 2.76 bits per heavy atom. The van der Waals surface area contributed by atoms with Crippen LogP contribution in [0.5, 0.6) is 0 Å². The summed E-state index contributed by atoms with van der Waals surface area (Å²) in [5.74, 6) is -0.252. The molecule has 0 radical (unpaired) electrons. The van der Waals surface area contributed by atoms with Gasteiger partial charge in [-0.1, -0.05) is 30.3 Å². The van der Waals surface area contributed by atoms with E-state index in [1.54, 1.807) is 0 Å². The van der Waals surface area contributed by atoms with Crippen molar-refractivity contribution < 1.29 is 9.21 Å². The summed E-state index contributed by atoms with van der Waals surface area (Å²) < 4.78 is 6.95. The summed E-state index contributed by atoms with van der Waals surface area (Å²) in [6.45, 7) is 5.61. The minimum Gasteiger partial charge on any atom is -0.430 e. The summed E-state index contributed by atoms with van der Waals surface area (Å²) in [5, 5.41) is 3.66. The van der Waals surface area contributed by atoms with Crippen molar-refractivity contribution in [2.75, 3.05) is 0 Å². The maximum absolute atomic E-state index is 12.8. The minimum atomic E-state index is -0.393. The van der Waals surface area contributed by atoms with Gasteiger partial charge in [-0.25, -0.2) is 9.97 Å². The molecule has 1 atom stereocenters. The van der Waals surface area contributed by atoms with Crippen molar-refractivity contribution in [2.24, 2.45) is 0 Å². The van der Waals surface area contributed by atoms with E-state index in [9.17, 15) is 9.59 Å². The highest BCUT2D eigenvalue weighted by Crippen LogP contribution is 2.26. The summed E-state index contributed by atoms with van der Waals surface area (Å²) in [5.41, 5.74) is 3.49. The van der Waals surface area contributed by atoms with Crippen molar-refractivity contribution in [3.05, 3.63) is 69.9 Å². The van der Waals surface area contributed by atoms with Crippen LogP contribution in [0, 0.1) is 13.8 Å². The number of benzene rings is 1. The van der Waals surface area contributed by atoms with Gasteiger partial charge in [-0.3, -0.25) is 14.2 Å². The van der Waals surface area contributed by atoms with Gasteiger partial charge >= 0.3 is 0 Å². The molecule has 1 amide bonds. The Balaban J connectivity index is 1.56. The molecule has 0 fully saturated rings. The quantitative estimate of drug-likeness (QED) is 0.566. The minimum absolute atomic E-state index is 0.0571. The van der Waals surface area contributed by atoms with E-state index in [2.05, 4.69) is 15.3 Å². The number of amides is 1. The highest BCUT2D eigenvalue weighted by molar-refractivity contribution is 6.02. The van der Waals surface area contributed by atoms with Crippen LogP contribution in [0.1, 0.15) is 23.7 Å². The van der Waals surface area contributed by atoms with Crippen LogP contribution in [0.4, 0.5) is 0 Å². The maximum atomic E-state index is 12.8. The predicted molar refractivity (Wildman–Crippen MR) is 111 cm³/mol. The lowest BCUT2D eigenvalue weighted by Gasteiger charge is -2.14. The molecule has 0 saturated heterocycles. The molecule has 3 heterocycles. The van der Waals surface area contributed by atoms with Crippen molar-refractivity contribution in [3.63, 3.8) is 0 Å². The molecule has 3 aromatic heterocycles. The molecular formula is C22H22N4O3. The largest absolute Gasteiger partial charge is 0.430 e. The van der Waals surface area contributed by atoms with E-state index in [4.69, 9.17) is 4.42 Å². The number of aromatic nitrogens is 3. The molecule has 1 N–H and O–H groups in total. The highest BCUT2D eigenvalue weighted by atomic mass is 16.3. The summed E-state index contributed by atoms with van der Waals surface area (Å²) in [6.07, 6.45) is 2.10. The van der Waals surface area contributed by atoms with Crippen LogP contribution < -0.4 is 10.9 Å². The molecule has 0 aliphatic carbocycles. The number of furan rings is 1. The van der Waals surface area contributed by atoms with Gasteiger partial charge in [0, 0.05) is 11.7 Å². The smallest absolute Gasteiger partial charge is 0.297 e. The zero-order valence-corrected chi connectivity index (χ0v) is 16.6. The second-order valence-electron chi connectivity index (χ2n) is 7.38. The SMILES string of the molecule is Cc1cc(C)c2c(n1)oc1c(=O)n(CC(=O)N[C@H](C)Cc3ccccc3)cnc12. The van der Waals surface area contributed by atoms with Crippen LogP contribution in [0.2, 0.25) is 0 Å². The number of hydrogen-bond donors (Lipinski definition) is 1. The van der Waals surface area contributed by atoms with Gasteiger partial charge in [-0.2, -0.15) is 0 Å². The summed E-state index contributed by atoms with van der Waals surface area (Å²) >= 11 is 0. The number of nitrogens with zero attached hydrogens (tertiary/aromatic N) is 3. The van der Waals surface area contributed by atoms with Crippen molar-refractivity contribution in [1.29, 1.82) is 0 Å². The third-order valence-corrected chi connectivity index (χ3v) is 4.85. The average molecular weight is 390 g/mol. The molecule has 1 aromatic carbocycles. The van der Waals surface area contributed by atoms with E-state index in [0.29, 0.717) is 17.7 Å². The van der Waals surface area contributed by atoms with Crippen molar-refractivity contribution in [3.8, 4) is 0 Å². The van der Waals surface area contributed by atoms with Gasteiger partial charge in [0.1, 0.15) is 12.1 Å². The Bertz CT molecular complexity index is 1260. The Hall–Kier alpha value is -3.48. The van der Waals surface area contributed by atoms with Crippen LogP contribution >= 0.6 is 0 Å². The van der Waals surface area contributed by atoms with E-state index < -0.39 is 5.56 Å². The van der Waals surface area contributed by atoms with Crippen LogP contribution in [-0.2, 0) is 17.8 Å². The summed E-state index contributed by atoms with van der Waals surface area (Å²) in [4.78, 5) is 34.0. The molecular weight excluding hydrogens is 368 g/mol. The van der Waals surface area contributed by atoms with Gasteiger partial charge < -0.3 is 9.73 Å². The fraction of sp³-hybridized carbons (Fsp3) is 0.273. The Labute approximate surface area is 167 Å². The molecule has 4 aromatic rings. The maximum Gasteiger partial charge on any atom is 0.297 e. The number of rotatable bonds is 5. The molecule has 0 aliphatic heterocycles. The molecule has 148 valence electrons. The van der Waals surface area contributed by atoms with E-state index in [-0.39, 0.29) is 24.1 Å². The molecule has 0 spiro atoms. The Morgan fingerprint density at radius 1 is 1.24 bits per heavy atom. The molecule has 0 bridgehead atoms. The number of aryl methyl sites for hydroxylation is 2. The van der Waals surface area contributed by atoms with Crippen molar-refractivity contribution in [2.45, 2.75) is 39.8 Å². The topological polar surface area (TPSA) is 90.0 Å². The van der Waals surface area contributed by atoms with Gasteiger partial charge in [0.05, 0.1) is 11.7 Å². The molecule has 0 unspecified atom stereocenters. The number of fused-ring (bicyclic) bond motifs is 3. The fourth-order valence-electron chi connectivity index (χ4n) is 3.61. The average Bonchev–Trinajstić information content (AvgIpc) is 3.04. The van der Waals surface area contributed by atoms with Crippen LogP contribution in [0.15, 0.2) is 51.9 Å². The Kier molecular flexibility index (Phi) is 4.88. The predicted octanol–water partition coefficient (Wildman–Crippen LogP) is 2.90. The zero-order chi connectivity index (χ0) is 20.5. The lowest BCUT2D eigenvalue weighted by atomic mass is 10.1. The number of carbonyl (C=O) groups is 1. The van der Waals surface area contributed by atoms with Crippen LogP contribution in [-0.4, -0.2) is 26.5 Å². The molecule has 0 saturated carbocycles. The number of nitrogens with one attached hydrogen (secondary N) is 1. The molecule has 4 rings (SSSR count). The van der Waals surface area contributed by atoms with Gasteiger partial charge in [-0.15, -0.1) is 0 Å². The second-order valence-corrected chi connectivity index (χ2v) is 7.38. The second kappa shape index (κ2) is 7.50. The molecule has 0 aliphatic rings. The van der Waals surface area contributed by atoms with E-state index >= 15 is 0 Å². The van der Waals surface area contributed by atoms with Gasteiger partial charge in [0.2, 0.25) is 17.2 Å². The number of carbonyl (C=O) groups excluding carboxylic acids is 1. The van der Waals surface area contributed by atoms with Crippen molar-refractivity contribution >= 4 is 28.1 Å². The van der Waals surface area contributed by atoms with E-state index in [0.717, 1.165) is 22.2 Å². The molecule has 7 nitrogen and oxygen atoms in total. The first-order valence-corrected chi connectivity index (χ1v) is 9.51. The molecule has 7 heteroatoms. The van der Waals surface area contributed by atoms with Gasteiger partial charge in [0.25, 0.3) is 5.56 Å². The van der Waals surface area contributed by atoms with Crippen LogP contribution in [0.3, 0.4) is 0 Å². The third-order valence-electron chi connectivity index (χ3n) is 4.85. The lowest BCUT2D eigenvalue weighted by Crippen LogP contribution is -2.38. The monoisotopic (exact) mass is 390 g/mol. The normalized spacial score (nSPS) is 12.4. The first-order valence-electron chi connectivity index (χ1n) is 9.51. The number of hydrogen-bond acceptors (Lipinski definition) is 5. The van der Waals surface area contributed by atoms with E-state index in [1.165, 1.54) is 10.9 Å². The first kappa shape index (κ1) is 18.9. The Morgan fingerprint density at radius 2 is 2.00 bits per heavy atom. The van der Waals surface area contributed by atoms with Crippen molar-refractivity contribution in [1.82, 2.24) is 19.9 Å². The lowest BCUT2D eigenvalue weighted by molar-refractivity contribution is -0.122. The first-order chi connectivity index (χ1) is 13.9. The fourth-order valence-corrected chi connectivity index (χ4v) is 3.61. The van der Waals surface area contributed by atoms with Crippen LogP contribution in [0.25, 0.3) is 22.2 Å². The van der Waals surface area contributed by atoms with E-state index in [1.807, 2.05) is 57.2 Å². The number of pyridine rings is 1. The summed E-state index contributed by atoms with van der Waals surface area (Å²) in [6, 6.07) is 11.8. The molecule has 29 heavy (non-hydrogen) atoms.